The lowest BCUT2D eigenvalue weighted by Crippen LogP contribution is -2.11. The van der Waals surface area contributed by atoms with E-state index in [1.807, 2.05) is 0 Å². The van der Waals surface area contributed by atoms with E-state index in [0.717, 1.165) is 25.2 Å². The van der Waals surface area contributed by atoms with Crippen LogP contribution in [0.1, 0.15) is 29.7 Å². The van der Waals surface area contributed by atoms with E-state index in [4.69, 9.17) is 0 Å². The van der Waals surface area contributed by atoms with Crippen molar-refractivity contribution in [1.29, 1.82) is 0 Å². The van der Waals surface area contributed by atoms with E-state index in [1.54, 1.807) is 17.7 Å². The normalized spacial score (nSPS) is 14.4. The maximum atomic E-state index is 4.38. The molecule has 0 radical (unpaired) electrons. The summed E-state index contributed by atoms with van der Waals surface area (Å²) in [7, 11) is 0. The van der Waals surface area contributed by atoms with Crippen molar-refractivity contribution in [1.82, 2.24) is 9.97 Å². The van der Waals surface area contributed by atoms with Gasteiger partial charge >= 0.3 is 0 Å². The van der Waals surface area contributed by atoms with Crippen LogP contribution in [0, 0.1) is 0 Å². The van der Waals surface area contributed by atoms with Gasteiger partial charge in [0.25, 0.3) is 0 Å². The number of thiophene rings is 1. The van der Waals surface area contributed by atoms with E-state index in [-0.39, 0.29) is 0 Å². The standard InChI is InChI=1S/C13H15N3S/c1-2-4-12-11(3-1)13(16-9-15-12)14-7-10-5-6-17-8-10/h5-6,8-9H,1-4,7H2,(H,14,15,16). The zero-order valence-electron chi connectivity index (χ0n) is 9.65. The van der Waals surface area contributed by atoms with Gasteiger partial charge in [-0.25, -0.2) is 9.97 Å². The molecule has 88 valence electrons. The third-order valence-electron chi connectivity index (χ3n) is 3.17. The summed E-state index contributed by atoms with van der Waals surface area (Å²) in [6.07, 6.45) is 6.41. The summed E-state index contributed by atoms with van der Waals surface area (Å²) >= 11 is 1.73. The molecular formula is C13H15N3S. The molecular weight excluding hydrogens is 230 g/mol. The quantitative estimate of drug-likeness (QED) is 0.903. The molecule has 0 fully saturated rings. The molecule has 1 aliphatic rings. The molecule has 0 atom stereocenters. The highest BCUT2D eigenvalue weighted by atomic mass is 32.1. The molecule has 2 heterocycles. The van der Waals surface area contributed by atoms with Crippen molar-refractivity contribution < 1.29 is 0 Å². The Morgan fingerprint density at radius 3 is 3.06 bits per heavy atom. The van der Waals surface area contributed by atoms with E-state index in [2.05, 4.69) is 32.1 Å². The highest BCUT2D eigenvalue weighted by Crippen LogP contribution is 2.24. The first-order chi connectivity index (χ1) is 8.43. The van der Waals surface area contributed by atoms with Crippen molar-refractivity contribution in [2.45, 2.75) is 32.2 Å². The van der Waals surface area contributed by atoms with Crippen molar-refractivity contribution in [3.8, 4) is 0 Å². The minimum Gasteiger partial charge on any atom is -0.366 e. The number of rotatable bonds is 3. The van der Waals surface area contributed by atoms with Crippen LogP contribution in [0.15, 0.2) is 23.2 Å². The molecule has 1 N–H and O–H groups in total. The van der Waals surface area contributed by atoms with Gasteiger partial charge in [-0.15, -0.1) is 0 Å². The van der Waals surface area contributed by atoms with E-state index >= 15 is 0 Å². The summed E-state index contributed by atoms with van der Waals surface area (Å²) in [6.45, 7) is 0.854. The number of anilines is 1. The van der Waals surface area contributed by atoms with Crippen LogP contribution >= 0.6 is 11.3 Å². The van der Waals surface area contributed by atoms with Crippen molar-refractivity contribution in [3.63, 3.8) is 0 Å². The molecule has 0 amide bonds. The number of aryl methyl sites for hydroxylation is 1. The Morgan fingerprint density at radius 2 is 2.18 bits per heavy atom. The topological polar surface area (TPSA) is 37.8 Å². The van der Waals surface area contributed by atoms with Gasteiger partial charge in [0, 0.05) is 17.8 Å². The first kappa shape index (κ1) is 10.7. The molecule has 3 nitrogen and oxygen atoms in total. The Balaban J connectivity index is 1.78. The number of nitrogens with zero attached hydrogens (tertiary/aromatic N) is 2. The largest absolute Gasteiger partial charge is 0.366 e. The van der Waals surface area contributed by atoms with Gasteiger partial charge in [0.05, 0.1) is 0 Å². The molecule has 0 aromatic carbocycles. The first-order valence-corrected chi connectivity index (χ1v) is 6.95. The van der Waals surface area contributed by atoms with Gasteiger partial charge < -0.3 is 5.32 Å². The van der Waals surface area contributed by atoms with Crippen LogP contribution in [0.5, 0.6) is 0 Å². The van der Waals surface area contributed by atoms with Crippen LogP contribution in [-0.4, -0.2) is 9.97 Å². The fourth-order valence-corrected chi connectivity index (χ4v) is 2.92. The lowest BCUT2D eigenvalue weighted by molar-refractivity contribution is 0.663. The summed E-state index contributed by atoms with van der Waals surface area (Å²) < 4.78 is 0. The molecule has 1 aliphatic carbocycles. The smallest absolute Gasteiger partial charge is 0.133 e. The summed E-state index contributed by atoms with van der Waals surface area (Å²) in [5.74, 6) is 1.03. The number of nitrogens with one attached hydrogen (secondary N) is 1. The van der Waals surface area contributed by atoms with Gasteiger partial charge in [-0.05, 0) is 48.1 Å². The molecule has 0 bridgehead atoms. The number of fused-ring (bicyclic) bond motifs is 1. The van der Waals surface area contributed by atoms with Crippen LogP contribution < -0.4 is 5.32 Å². The summed E-state index contributed by atoms with van der Waals surface area (Å²) in [5, 5.41) is 7.70. The Bertz CT molecular complexity index is 493. The number of aromatic nitrogens is 2. The lowest BCUT2D eigenvalue weighted by Gasteiger charge is -2.17. The summed E-state index contributed by atoms with van der Waals surface area (Å²) in [5.41, 5.74) is 3.88. The second kappa shape index (κ2) is 4.84. The average Bonchev–Trinajstić information content (AvgIpc) is 2.89. The van der Waals surface area contributed by atoms with Crippen molar-refractivity contribution in [3.05, 3.63) is 40.0 Å². The van der Waals surface area contributed by atoms with E-state index in [1.165, 1.54) is 29.7 Å². The fourth-order valence-electron chi connectivity index (χ4n) is 2.25. The Hall–Kier alpha value is -1.42. The van der Waals surface area contributed by atoms with Gasteiger partial charge in [0.1, 0.15) is 12.1 Å². The number of hydrogen-bond acceptors (Lipinski definition) is 4. The molecule has 0 spiro atoms. The molecule has 0 saturated heterocycles. The monoisotopic (exact) mass is 245 g/mol. The maximum Gasteiger partial charge on any atom is 0.133 e. The van der Waals surface area contributed by atoms with Crippen molar-refractivity contribution in [2.75, 3.05) is 5.32 Å². The minimum atomic E-state index is 0.854. The lowest BCUT2D eigenvalue weighted by atomic mass is 9.96. The molecule has 0 unspecified atom stereocenters. The van der Waals surface area contributed by atoms with E-state index in [9.17, 15) is 0 Å². The van der Waals surface area contributed by atoms with Crippen LogP contribution in [0.2, 0.25) is 0 Å². The summed E-state index contributed by atoms with van der Waals surface area (Å²) in [4.78, 5) is 8.75. The fraction of sp³-hybridized carbons (Fsp3) is 0.385. The third-order valence-corrected chi connectivity index (χ3v) is 3.90. The van der Waals surface area contributed by atoms with Crippen LogP contribution in [-0.2, 0) is 19.4 Å². The van der Waals surface area contributed by atoms with Crippen molar-refractivity contribution in [2.24, 2.45) is 0 Å². The molecule has 2 aromatic heterocycles. The summed E-state index contributed by atoms with van der Waals surface area (Å²) in [6, 6.07) is 2.14. The maximum absolute atomic E-state index is 4.38. The molecule has 3 rings (SSSR count). The van der Waals surface area contributed by atoms with E-state index < -0.39 is 0 Å². The van der Waals surface area contributed by atoms with Gasteiger partial charge in [-0.3, -0.25) is 0 Å². The average molecular weight is 245 g/mol. The molecule has 0 aliphatic heterocycles. The van der Waals surface area contributed by atoms with Gasteiger partial charge in [-0.2, -0.15) is 11.3 Å². The van der Waals surface area contributed by atoms with Crippen molar-refractivity contribution >= 4 is 17.2 Å². The van der Waals surface area contributed by atoms with Gasteiger partial charge in [0.15, 0.2) is 0 Å². The Labute approximate surface area is 105 Å². The van der Waals surface area contributed by atoms with Crippen LogP contribution in [0.3, 0.4) is 0 Å². The molecule has 2 aromatic rings. The SMILES string of the molecule is c1nc2c(c(NCc3ccsc3)n1)CCCC2. The second-order valence-electron chi connectivity index (χ2n) is 4.34. The predicted octanol–water partition coefficient (Wildman–Crippen LogP) is 3.03. The zero-order valence-corrected chi connectivity index (χ0v) is 10.5. The highest BCUT2D eigenvalue weighted by molar-refractivity contribution is 7.07. The molecule has 4 heteroatoms. The van der Waals surface area contributed by atoms with E-state index in [0.29, 0.717) is 0 Å². The Morgan fingerprint density at radius 1 is 1.24 bits per heavy atom. The highest BCUT2D eigenvalue weighted by Gasteiger charge is 2.14. The molecule has 0 saturated carbocycles. The van der Waals surface area contributed by atoms with Gasteiger partial charge in [0.2, 0.25) is 0 Å². The minimum absolute atomic E-state index is 0.854. The predicted molar refractivity (Wildman–Crippen MR) is 70.3 cm³/mol. The van der Waals surface area contributed by atoms with Crippen LogP contribution in [0.25, 0.3) is 0 Å². The zero-order chi connectivity index (χ0) is 11.5. The molecule has 17 heavy (non-hydrogen) atoms. The second-order valence-corrected chi connectivity index (χ2v) is 5.12. The third kappa shape index (κ3) is 2.31. The van der Waals surface area contributed by atoms with Crippen LogP contribution in [0.4, 0.5) is 5.82 Å². The number of hydrogen-bond donors (Lipinski definition) is 1. The first-order valence-electron chi connectivity index (χ1n) is 6.01. The Kier molecular flexibility index (Phi) is 3.05. The van der Waals surface area contributed by atoms with Gasteiger partial charge in [-0.1, -0.05) is 0 Å².